The molecule has 0 saturated carbocycles. The van der Waals surface area contributed by atoms with Crippen molar-refractivity contribution < 1.29 is 5.11 Å². The zero-order chi connectivity index (χ0) is 9.56. The van der Waals surface area contributed by atoms with E-state index in [-0.39, 0.29) is 6.10 Å². The van der Waals surface area contributed by atoms with Crippen molar-refractivity contribution in [3.05, 3.63) is 0 Å². The van der Waals surface area contributed by atoms with E-state index < -0.39 is 0 Å². The highest BCUT2D eigenvalue weighted by molar-refractivity contribution is 4.77. The highest BCUT2D eigenvalue weighted by Crippen LogP contribution is 2.17. The van der Waals surface area contributed by atoms with Gasteiger partial charge in [0.15, 0.2) is 0 Å². The summed E-state index contributed by atoms with van der Waals surface area (Å²) in [5, 5.41) is 9.31. The molecule has 74 valence electrons. The summed E-state index contributed by atoms with van der Waals surface area (Å²) in [6.45, 7) is 7.03. The fraction of sp³-hybridized carbons (Fsp3) is 1.00. The first-order chi connectivity index (χ1) is 5.72. The second kappa shape index (κ2) is 6.44. The molecule has 0 amide bonds. The number of hydrogen-bond acceptors (Lipinski definition) is 2. The third-order valence-electron chi connectivity index (χ3n) is 2.38. The number of likely N-dealkylation sites (tertiary alicyclic amines) is 1. The number of aliphatic hydroxyl groups is 1. The Morgan fingerprint density at radius 2 is 1.92 bits per heavy atom. The zero-order valence-electron chi connectivity index (χ0n) is 8.88. The maximum Gasteiger partial charge on any atom is 0.0667 e. The molecular formula is C10H23NO. The third-order valence-corrected chi connectivity index (χ3v) is 2.38. The number of piperidine rings is 1. The van der Waals surface area contributed by atoms with Gasteiger partial charge in [0.2, 0.25) is 0 Å². The first-order valence-corrected chi connectivity index (χ1v) is 5.10. The van der Waals surface area contributed by atoms with Crippen LogP contribution in [0.2, 0.25) is 0 Å². The summed E-state index contributed by atoms with van der Waals surface area (Å²) in [5.41, 5.74) is 0. The molecule has 0 aromatic rings. The number of aliphatic hydroxyl groups excluding tert-OH is 1. The predicted molar refractivity (Wildman–Crippen MR) is 53.3 cm³/mol. The zero-order valence-corrected chi connectivity index (χ0v) is 8.88. The van der Waals surface area contributed by atoms with Crippen molar-refractivity contribution in [3.8, 4) is 0 Å². The third kappa shape index (κ3) is 3.55. The van der Waals surface area contributed by atoms with Crippen LogP contribution in [0, 0.1) is 0 Å². The first-order valence-electron chi connectivity index (χ1n) is 5.10. The Bertz CT molecular complexity index is 104. The van der Waals surface area contributed by atoms with Gasteiger partial charge in [-0.1, -0.05) is 20.3 Å². The van der Waals surface area contributed by atoms with E-state index in [0.29, 0.717) is 6.04 Å². The van der Waals surface area contributed by atoms with Crippen LogP contribution >= 0.6 is 0 Å². The first kappa shape index (κ1) is 11.9. The quantitative estimate of drug-likeness (QED) is 0.654. The van der Waals surface area contributed by atoms with Crippen LogP contribution in [-0.4, -0.2) is 35.7 Å². The Balaban J connectivity index is 0.000000561. The summed E-state index contributed by atoms with van der Waals surface area (Å²) in [7, 11) is 2.09. The van der Waals surface area contributed by atoms with E-state index in [1.807, 2.05) is 20.8 Å². The monoisotopic (exact) mass is 173 g/mol. The van der Waals surface area contributed by atoms with Crippen LogP contribution in [0.3, 0.4) is 0 Å². The molecule has 1 heterocycles. The maximum absolute atomic E-state index is 9.31. The second-order valence-corrected chi connectivity index (χ2v) is 3.28. The van der Waals surface area contributed by atoms with Crippen LogP contribution in [0.15, 0.2) is 0 Å². The molecule has 0 radical (unpaired) electrons. The SMILES string of the molecule is CC.CC(O)C1CCCCN1C. The van der Waals surface area contributed by atoms with Gasteiger partial charge in [-0.05, 0) is 33.4 Å². The summed E-state index contributed by atoms with van der Waals surface area (Å²) in [5.74, 6) is 0. The molecule has 1 saturated heterocycles. The summed E-state index contributed by atoms with van der Waals surface area (Å²) >= 11 is 0. The van der Waals surface area contributed by atoms with Crippen molar-refractivity contribution >= 4 is 0 Å². The van der Waals surface area contributed by atoms with Crippen LogP contribution in [0.25, 0.3) is 0 Å². The van der Waals surface area contributed by atoms with Crippen LogP contribution in [-0.2, 0) is 0 Å². The molecule has 0 bridgehead atoms. The molecule has 0 spiro atoms. The van der Waals surface area contributed by atoms with E-state index in [2.05, 4.69) is 11.9 Å². The Morgan fingerprint density at radius 3 is 2.25 bits per heavy atom. The van der Waals surface area contributed by atoms with Crippen LogP contribution < -0.4 is 0 Å². The van der Waals surface area contributed by atoms with E-state index in [9.17, 15) is 5.11 Å². The van der Waals surface area contributed by atoms with Crippen molar-refractivity contribution in [2.24, 2.45) is 0 Å². The predicted octanol–water partition coefficient (Wildman–Crippen LogP) is 1.88. The minimum atomic E-state index is -0.162. The summed E-state index contributed by atoms with van der Waals surface area (Å²) in [4.78, 5) is 2.26. The molecule has 12 heavy (non-hydrogen) atoms. The Hall–Kier alpha value is -0.0800. The van der Waals surface area contributed by atoms with Crippen molar-refractivity contribution in [2.45, 2.75) is 52.2 Å². The maximum atomic E-state index is 9.31. The van der Waals surface area contributed by atoms with Gasteiger partial charge in [0, 0.05) is 6.04 Å². The highest BCUT2D eigenvalue weighted by atomic mass is 16.3. The van der Waals surface area contributed by atoms with Gasteiger partial charge in [-0.15, -0.1) is 0 Å². The molecule has 0 aromatic carbocycles. The topological polar surface area (TPSA) is 23.5 Å². The molecule has 1 aliphatic heterocycles. The van der Waals surface area contributed by atoms with Gasteiger partial charge < -0.3 is 10.0 Å². The second-order valence-electron chi connectivity index (χ2n) is 3.28. The van der Waals surface area contributed by atoms with Crippen molar-refractivity contribution in [2.75, 3.05) is 13.6 Å². The number of likely N-dealkylation sites (N-methyl/N-ethyl adjacent to an activating group) is 1. The van der Waals surface area contributed by atoms with Crippen LogP contribution in [0.4, 0.5) is 0 Å². The number of rotatable bonds is 1. The van der Waals surface area contributed by atoms with Crippen LogP contribution in [0.5, 0.6) is 0 Å². The van der Waals surface area contributed by atoms with E-state index in [4.69, 9.17) is 0 Å². The van der Waals surface area contributed by atoms with E-state index in [0.717, 1.165) is 13.0 Å². The minimum absolute atomic E-state index is 0.162. The lowest BCUT2D eigenvalue weighted by molar-refractivity contribution is 0.0529. The van der Waals surface area contributed by atoms with Gasteiger partial charge in [-0.3, -0.25) is 0 Å². The van der Waals surface area contributed by atoms with E-state index >= 15 is 0 Å². The van der Waals surface area contributed by atoms with E-state index in [1.54, 1.807) is 0 Å². The smallest absolute Gasteiger partial charge is 0.0667 e. The van der Waals surface area contributed by atoms with Crippen LogP contribution in [0.1, 0.15) is 40.0 Å². The summed E-state index contributed by atoms with van der Waals surface area (Å²) < 4.78 is 0. The summed E-state index contributed by atoms with van der Waals surface area (Å²) in [6.07, 6.45) is 3.57. The average molecular weight is 173 g/mol. The molecule has 1 fully saturated rings. The molecule has 0 aliphatic carbocycles. The summed E-state index contributed by atoms with van der Waals surface area (Å²) in [6, 6.07) is 0.411. The van der Waals surface area contributed by atoms with Crippen molar-refractivity contribution in [3.63, 3.8) is 0 Å². The molecule has 0 aromatic heterocycles. The molecule has 2 nitrogen and oxygen atoms in total. The fourth-order valence-electron chi connectivity index (χ4n) is 1.71. The molecule has 2 unspecified atom stereocenters. The largest absolute Gasteiger partial charge is 0.392 e. The lowest BCUT2D eigenvalue weighted by Crippen LogP contribution is -2.43. The van der Waals surface area contributed by atoms with Gasteiger partial charge in [-0.25, -0.2) is 0 Å². The minimum Gasteiger partial charge on any atom is -0.392 e. The van der Waals surface area contributed by atoms with Gasteiger partial charge in [0.1, 0.15) is 0 Å². The Labute approximate surface area is 76.6 Å². The normalized spacial score (nSPS) is 27.2. The van der Waals surface area contributed by atoms with Gasteiger partial charge in [-0.2, -0.15) is 0 Å². The Kier molecular flexibility index (Phi) is 6.39. The van der Waals surface area contributed by atoms with Crippen molar-refractivity contribution in [1.29, 1.82) is 0 Å². The molecule has 1 aliphatic rings. The molecule has 2 heteroatoms. The lowest BCUT2D eigenvalue weighted by atomic mass is 9.99. The van der Waals surface area contributed by atoms with E-state index in [1.165, 1.54) is 12.8 Å². The van der Waals surface area contributed by atoms with Gasteiger partial charge in [0.05, 0.1) is 6.10 Å². The standard InChI is InChI=1S/C8H17NO.C2H6/c1-7(10)8-5-3-4-6-9(8)2;1-2/h7-8,10H,3-6H2,1-2H3;1-2H3. The fourth-order valence-corrected chi connectivity index (χ4v) is 1.71. The van der Waals surface area contributed by atoms with Gasteiger partial charge >= 0.3 is 0 Å². The molecule has 1 rings (SSSR count). The highest BCUT2D eigenvalue weighted by Gasteiger charge is 2.22. The Morgan fingerprint density at radius 1 is 1.33 bits per heavy atom. The molecule has 1 N–H and O–H groups in total. The molecule has 2 atom stereocenters. The number of hydrogen-bond donors (Lipinski definition) is 1. The lowest BCUT2D eigenvalue weighted by Gasteiger charge is -2.34. The molecular weight excluding hydrogens is 150 g/mol. The van der Waals surface area contributed by atoms with Gasteiger partial charge in [0.25, 0.3) is 0 Å². The van der Waals surface area contributed by atoms with Crippen molar-refractivity contribution in [1.82, 2.24) is 4.90 Å². The average Bonchev–Trinajstić information content (AvgIpc) is 2.08. The number of nitrogens with zero attached hydrogens (tertiary/aromatic N) is 1.